The van der Waals surface area contributed by atoms with Crippen LogP contribution in [-0.4, -0.2) is 45.9 Å². The van der Waals surface area contributed by atoms with Gasteiger partial charge in [0.25, 0.3) is 15.9 Å². The molecule has 0 aliphatic carbocycles. The van der Waals surface area contributed by atoms with Crippen LogP contribution in [0.2, 0.25) is 5.02 Å². The minimum absolute atomic E-state index is 0.0116. The molecule has 0 radical (unpaired) electrons. The Morgan fingerprint density at radius 3 is 2.35 bits per heavy atom. The van der Waals surface area contributed by atoms with Crippen molar-refractivity contribution in [2.75, 3.05) is 25.1 Å². The minimum atomic E-state index is -4.16. The maximum atomic E-state index is 13.7. The van der Waals surface area contributed by atoms with E-state index in [0.29, 0.717) is 16.5 Å². The van der Waals surface area contributed by atoms with Crippen LogP contribution >= 0.6 is 11.6 Å². The number of aryl methyl sites for hydroxylation is 1. The standard InChI is InChI=1S/C29H29ClN4O5S/c1-20-17-22(21(2)34(20)26-10-6-5-9-25(26)30)18-31-32-29(35)19-33(27-11-7-8-12-28(27)39-4)40(36,37)24-15-13-23(38-3)14-16-24/h5-18H,19H2,1-4H3,(H,32,35)/b31-18-. The number of ether oxygens (including phenoxy) is 2. The second kappa shape index (κ2) is 12.3. The van der Waals surface area contributed by atoms with Crippen molar-refractivity contribution in [2.24, 2.45) is 5.10 Å². The highest BCUT2D eigenvalue weighted by Crippen LogP contribution is 2.32. The van der Waals surface area contributed by atoms with Gasteiger partial charge in [0.2, 0.25) is 0 Å². The summed E-state index contributed by atoms with van der Waals surface area (Å²) in [5.41, 5.74) is 6.07. The van der Waals surface area contributed by atoms with Crippen LogP contribution in [0.4, 0.5) is 5.69 Å². The Morgan fingerprint density at radius 1 is 1.00 bits per heavy atom. The Kier molecular flexibility index (Phi) is 8.81. The first-order valence-corrected chi connectivity index (χ1v) is 14.0. The van der Waals surface area contributed by atoms with Crippen molar-refractivity contribution < 1.29 is 22.7 Å². The molecule has 9 nitrogen and oxygen atoms in total. The quantitative estimate of drug-likeness (QED) is 0.207. The fourth-order valence-corrected chi connectivity index (χ4v) is 5.92. The summed E-state index contributed by atoms with van der Waals surface area (Å²) in [7, 11) is -1.24. The van der Waals surface area contributed by atoms with E-state index in [1.807, 2.05) is 48.7 Å². The number of sulfonamides is 1. The SMILES string of the molecule is COc1ccc(S(=O)(=O)N(CC(=O)N/N=C\c2cc(C)n(-c3ccccc3Cl)c2C)c2ccccc2OC)cc1. The van der Waals surface area contributed by atoms with E-state index in [2.05, 4.69) is 10.5 Å². The minimum Gasteiger partial charge on any atom is -0.497 e. The molecule has 40 heavy (non-hydrogen) atoms. The Hall–Kier alpha value is -4.28. The van der Waals surface area contributed by atoms with Gasteiger partial charge in [0.05, 0.1) is 41.7 Å². The molecule has 4 rings (SSSR count). The average molecular weight is 581 g/mol. The molecule has 11 heteroatoms. The van der Waals surface area contributed by atoms with Crippen molar-refractivity contribution >= 4 is 39.4 Å². The van der Waals surface area contributed by atoms with Crippen LogP contribution in [-0.2, 0) is 14.8 Å². The van der Waals surface area contributed by atoms with E-state index >= 15 is 0 Å². The van der Waals surface area contributed by atoms with E-state index in [1.165, 1.54) is 44.7 Å². The molecule has 0 aliphatic heterocycles. The maximum absolute atomic E-state index is 13.7. The predicted octanol–water partition coefficient (Wildman–Crippen LogP) is 5.11. The molecule has 0 fully saturated rings. The van der Waals surface area contributed by atoms with Crippen LogP contribution in [0.3, 0.4) is 0 Å². The number of nitrogens with zero attached hydrogens (tertiary/aromatic N) is 3. The van der Waals surface area contributed by atoms with Gasteiger partial charge < -0.3 is 14.0 Å². The van der Waals surface area contributed by atoms with E-state index in [0.717, 1.165) is 26.9 Å². The van der Waals surface area contributed by atoms with Crippen molar-refractivity contribution in [3.05, 3.63) is 101 Å². The third-order valence-corrected chi connectivity index (χ3v) is 8.34. The Bertz CT molecular complexity index is 1650. The van der Waals surface area contributed by atoms with Crippen LogP contribution in [0.25, 0.3) is 5.69 Å². The molecular weight excluding hydrogens is 552 g/mol. The maximum Gasteiger partial charge on any atom is 0.264 e. The number of amides is 1. The van der Waals surface area contributed by atoms with Gasteiger partial charge in [-0.3, -0.25) is 9.10 Å². The normalized spacial score (nSPS) is 11.4. The topological polar surface area (TPSA) is 102 Å². The van der Waals surface area contributed by atoms with Crippen LogP contribution in [0.5, 0.6) is 11.5 Å². The Morgan fingerprint density at radius 2 is 1.68 bits per heavy atom. The monoisotopic (exact) mass is 580 g/mol. The smallest absolute Gasteiger partial charge is 0.264 e. The summed E-state index contributed by atoms with van der Waals surface area (Å²) in [4.78, 5) is 13.0. The van der Waals surface area contributed by atoms with Gasteiger partial charge in [-0.15, -0.1) is 0 Å². The molecule has 1 N–H and O–H groups in total. The molecule has 1 aromatic heterocycles. The van der Waals surface area contributed by atoms with Gasteiger partial charge in [-0.2, -0.15) is 5.10 Å². The van der Waals surface area contributed by atoms with Crippen molar-refractivity contribution in [1.82, 2.24) is 9.99 Å². The number of nitrogens with one attached hydrogen (secondary N) is 1. The number of benzene rings is 3. The number of carbonyl (C=O) groups excluding carboxylic acids is 1. The van der Waals surface area contributed by atoms with Crippen molar-refractivity contribution in [2.45, 2.75) is 18.7 Å². The zero-order valence-corrected chi connectivity index (χ0v) is 24.0. The van der Waals surface area contributed by atoms with E-state index in [1.54, 1.807) is 24.3 Å². The highest BCUT2D eigenvalue weighted by Gasteiger charge is 2.29. The first-order chi connectivity index (χ1) is 19.2. The third-order valence-electron chi connectivity index (χ3n) is 6.25. The van der Waals surface area contributed by atoms with Crippen molar-refractivity contribution in [1.29, 1.82) is 0 Å². The Balaban J connectivity index is 1.59. The number of carbonyl (C=O) groups is 1. The molecule has 0 spiro atoms. The first-order valence-electron chi connectivity index (χ1n) is 12.2. The summed E-state index contributed by atoms with van der Waals surface area (Å²) in [6, 6.07) is 21.9. The lowest BCUT2D eigenvalue weighted by molar-refractivity contribution is -0.119. The van der Waals surface area contributed by atoms with Gasteiger partial charge >= 0.3 is 0 Å². The van der Waals surface area contributed by atoms with Gasteiger partial charge in [-0.1, -0.05) is 35.9 Å². The molecule has 0 saturated carbocycles. The molecule has 0 unspecified atom stereocenters. The molecule has 0 atom stereocenters. The molecule has 4 aromatic rings. The molecule has 0 bridgehead atoms. The summed E-state index contributed by atoms with van der Waals surface area (Å²) in [6.45, 7) is 3.33. The summed E-state index contributed by atoms with van der Waals surface area (Å²) in [5.74, 6) is 0.158. The molecule has 3 aromatic carbocycles. The summed E-state index contributed by atoms with van der Waals surface area (Å²) >= 11 is 6.39. The largest absolute Gasteiger partial charge is 0.497 e. The highest BCUT2D eigenvalue weighted by molar-refractivity contribution is 7.92. The van der Waals surface area contributed by atoms with Crippen LogP contribution in [0.1, 0.15) is 17.0 Å². The molecular formula is C29H29ClN4O5S. The Labute approximate surface area is 238 Å². The number of methoxy groups -OCH3 is 2. The van der Waals surface area contributed by atoms with Gasteiger partial charge in [-0.25, -0.2) is 13.8 Å². The number of halogens is 1. The van der Waals surface area contributed by atoms with Gasteiger partial charge in [0, 0.05) is 17.0 Å². The van der Waals surface area contributed by atoms with Crippen molar-refractivity contribution in [3.8, 4) is 17.2 Å². The van der Waals surface area contributed by atoms with Crippen LogP contribution < -0.4 is 19.2 Å². The summed E-state index contributed by atoms with van der Waals surface area (Å²) in [5, 5.41) is 4.71. The third kappa shape index (κ3) is 5.98. The second-order valence-corrected chi connectivity index (χ2v) is 11.0. The predicted molar refractivity (Wildman–Crippen MR) is 157 cm³/mol. The average Bonchev–Trinajstić information content (AvgIpc) is 3.24. The molecule has 1 amide bonds. The number of hydrogen-bond acceptors (Lipinski definition) is 6. The number of aromatic nitrogens is 1. The zero-order valence-electron chi connectivity index (χ0n) is 22.5. The van der Waals surface area contributed by atoms with Gasteiger partial charge in [0.15, 0.2) is 0 Å². The lowest BCUT2D eigenvalue weighted by Crippen LogP contribution is -2.39. The van der Waals surface area contributed by atoms with E-state index in [4.69, 9.17) is 21.1 Å². The highest BCUT2D eigenvalue weighted by atomic mass is 35.5. The lowest BCUT2D eigenvalue weighted by Gasteiger charge is -2.25. The number of para-hydroxylation sites is 3. The number of hydrazone groups is 1. The van der Waals surface area contributed by atoms with Gasteiger partial charge in [-0.05, 0) is 68.4 Å². The van der Waals surface area contributed by atoms with E-state index in [-0.39, 0.29) is 10.6 Å². The lowest BCUT2D eigenvalue weighted by atomic mass is 10.2. The van der Waals surface area contributed by atoms with E-state index < -0.39 is 22.5 Å². The van der Waals surface area contributed by atoms with Crippen LogP contribution in [0.15, 0.2) is 88.9 Å². The molecule has 0 saturated heterocycles. The van der Waals surface area contributed by atoms with Gasteiger partial charge in [0.1, 0.15) is 18.0 Å². The summed E-state index contributed by atoms with van der Waals surface area (Å²) in [6.07, 6.45) is 1.51. The number of hydrogen-bond donors (Lipinski definition) is 1. The number of rotatable bonds is 10. The van der Waals surface area contributed by atoms with Crippen molar-refractivity contribution in [3.63, 3.8) is 0 Å². The number of anilines is 1. The first kappa shape index (κ1) is 28.7. The van der Waals surface area contributed by atoms with E-state index in [9.17, 15) is 13.2 Å². The fourth-order valence-electron chi connectivity index (χ4n) is 4.27. The molecule has 0 aliphatic rings. The summed E-state index contributed by atoms with van der Waals surface area (Å²) < 4.78 is 40.9. The van der Waals surface area contributed by atoms with Crippen LogP contribution in [0, 0.1) is 13.8 Å². The second-order valence-electron chi connectivity index (χ2n) is 8.77. The fraction of sp³-hybridized carbons (Fsp3) is 0.172. The molecule has 208 valence electrons. The molecule has 1 heterocycles. The zero-order chi connectivity index (χ0) is 28.9.